The van der Waals surface area contributed by atoms with Gasteiger partial charge in [-0.25, -0.2) is 0 Å². The van der Waals surface area contributed by atoms with Crippen molar-refractivity contribution < 1.29 is 23.8 Å². The summed E-state index contributed by atoms with van der Waals surface area (Å²) in [4.78, 5) is 24.7. The third kappa shape index (κ3) is 2.61. The summed E-state index contributed by atoms with van der Waals surface area (Å²) in [5, 5.41) is 0. The molecule has 0 saturated heterocycles. The van der Waals surface area contributed by atoms with Gasteiger partial charge in [0.25, 0.3) is 0 Å². The number of allylic oxidation sites excluding steroid dienone is 1. The first kappa shape index (κ1) is 16.2. The number of rotatable bonds is 3. The van der Waals surface area contributed by atoms with E-state index < -0.39 is 5.92 Å². The predicted molar refractivity (Wildman–Crippen MR) is 83.2 cm³/mol. The average Bonchev–Trinajstić information content (AvgIpc) is 2.51. The maximum absolute atomic E-state index is 12.4. The Morgan fingerprint density at radius 2 is 2.17 bits per heavy atom. The van der Waals surface area contributed by atoms with Crippen LogP contribution in [-0.2, 0) is 23.8 Å². The molecular formula is C18H24O5. The summed E-state index contributed by atoms with van der Waals surface area (Å²) in [7, 11) is 0. The normalized spacial score (nSPS) is 36.4. The van der Waals surface area contributed by atoms with E-state index in [9.17, 15) is 9.59 Å². The van der Waals surface area contributed by atoms with Gasteiger partial charge in [-0.2, -0.15) is 0 Å². The third-order valence-corrected chi connectivity index (χ3v) is 5.34. The Labute approximate surface area is 136 Å². The van der Waals surface area contributed by atoms with Crippen LogP contribution in [0.1, 0.15) is 34.1 Å². The van der Waals surface area contributed by atoms with Crippen LogP contribution in [0.4, 0.5) is 0 Å². The van der Waals surface area contributed by atoms with Crippen LogP contribution in [0.15, 0.2) is 23.0 Å². The second-order valence-corrected chi connectivity index (χ2v) is 6.71. The van der Waals surface area contributed by atoms with Gasteiger partial charge in [0.2, 0.25) is 0 Å². The Kier molecular flexibility index (Phi) is 4.32. The average molecular weight is 320 g/mol. The maximum atomic E-state index is 12.4. The number of ketones is 1. The molecule has 0 N–H and O–H groups in total. The molecule has 0 amide bonds. The van der Waals surface area contributed by atoms with E-state index in [2.05, 4.69) is 0 Å². The van der Waals surface area contributed by atoms with Gasteiger partial charge in [-0.1, -0.05) is 6.92 Å². The van der Waals surface area contributed by atoms with Crippen LogP contribution in [-0.4, -0.2) is 31.3 Å². The number of hydrogen-bond acceptors (Lipinski definition) is 5. The molecule has 0 spiro atoms. The molecule has 23 heavy (non-hydrogen) atoms. The highest BCUT2D eigenvalue weighted by Gasteiger charge is 2.52. The maximum Gasteiger partial charge on any atom is 0.314 e. The van der Waals surface area contributed by atoms with Crippen molar-refractivity contribution in [1.29, 1.82) is 0 Å². The number of esters is 1. The standard InChI is InChI=1S/C18H24O5/c1-5-21-14-6-12-10(3)16(11(4)19)17-15(13(12)8-22-14)9(2)7-23-18(17)20/h8,10,12,14,16-17H,5-7H2,1-4H3/t10-,12-,14+,16+,17-/m0/s1. The van der Waals surface area contributed by atoms with Gasteiger partial charge in [0.05, 0.1) is 12.2 Å². The third-order valence-electron chi connectivity index (χ3n) is 5.34. The van der Waals surface area contributed by atoms with Crippen molar-refractivity contribution in [2.45, 2.75) is 40.4 Å². The van der Waals surface area contributed by atoms with E-state index in [1.165, 1.54) is 0 Å². The van der Waals surface area contributed by atoms with Crippen molar-refractivity contribution in [3.8, 4) is 0 Å². The molecular weight excluding hydrogens is 296 g/mol. The van der Waals surface area contributed by atoms with Crippen LogP contribution in [0.2, 0.25) is 0 Å². The number of carbonyl (C=O) groups excluding carboxylic acids is 2. The summed E-state index contributed by atoms with van der Waals surface area (Å²) in [6.45, 7) is 8.40. The number of fused-ring (bicyclic) bond motifs is 3. The minimum absolute atomic E-state index is 0.0464. The largest absolute Gasteiger partial charge is 0.472 e. The Morgan fingerprint density at radius 1 is 1.43 bits per heavy atom. The zero-order chi connectivity index (χ0) is 16.7. The summed E-state index contributed by atoms with van der Waals surface area (Å²) in [6, 6.07) is 0. The van der Waals surface area contributed by atoms with Gasteiger partial charge >= 0.3 is 5.97 Å². The molecule has 126 valence electrons. The molecule has 5 heteroatoms. The van der Waals surface area contributed by atoms with Gasteiger partial charge in [0.1, 0.15) is 12.4 Å². The van der Waals surface area contributed by atoms with Crippen molar-refractivity contribution in [2.75, 3.05) is 13.2 Å². The number of carbonyl (C=O) groups is 2. The Bertz CT molecular complexity index is 588. The molecule has 1 saturated carbocycles. The molecule has 2 aliphatic heterocycles. The summed E-state index contributed by atoms with van der Waals surface area (Å²) in [6.07, 6.45) is 2.17. The monoisotopic (exact) mass is 320 g/mol. The number of ether oxygens (including phenoxy) is 3. The van der Waals surface area contributed by atoms with Gasteiger partial charge in [0.15, 0.2) is 6.29 Å². The first-order chi connectivity index (χ1) is 11.0. The van der Waals surface area contributed by atoms with E-state index in [1.807, 2.05) is 20.8 Å². The summed E-state index contributed by atoms with van der Waals surface area (Å²) < 4.78 is 16.6. The summed E-state index contributed by atoms with van der Waals surface area (Å²) in [5.41, 5.74) is 3.02. The lowest BCUT2D eigenvalue weighted by molar-refractivity contribution is -0.156. The molecule has 2 heterocycles. The lowest BCUT2D eigenvalue weighted by Crippen LogP contribution is -2.48. The van der Waals surface area contributed by atoms with Crippen molar-refractivity contribution >= 4 is 11.8 Å². The van der Waals surface area contributed by atoms with Gasteiger partial charge in [-0.15, -0.1) is 0 Å². The molecule has 3 rings (SSSR count). The highest BCUT2D eigenvalue weighted by molar-refractivity contribution is 5.90. The first-order valence-corrected chi connectivity index (χ1v) is 8.29. The number of cyclic esters (lactones) is 1. The smallest absolute Gasteiger partial charge is 0.314 e. The minimum Gasteiger partial charge on any atom is -0.472 e. The number of hydrogen-bond donors (Lipinski definition) is 0. The Hall–Kier alpha value is -1.62. The molecule has 1 fully saturated rings. The van der Waals surface area contributed by atoms with Crippen molar-refractivity contribution in [2.24, 2.45) is 23.7 Å². The van der Waals surface area contributed by atoms with Crippen molar-refractivity contribution in [3.63, 3.8) is 0 Å². The van der Waals surface area contributed by atoms with Crippen LogP contribution in [0.3, 0.4) is 0 Å². The zero-order valence-electron chi connectivity index (χ0n) is 14.1. The molecule has 0 bridgehead atoms. The fourth-order valence-electron chi connectivity index (χ4n) is 4.32. The predicted octanol–water partition coefficient (Wildman–Crippen LogP) is 2.61. The topological polar surface area (TPSA) is 61.8 Å². The molecule has 3 aliphatic rings. The van der Waals surface area contributed by atoms with E-state index in [4.69, 9.17) is 14.2 Å². The van der Waals surface area contributed by atoms with E-state index in [0.29, 0.717) is 19.6 Å². The first-order valence-electron chi connectivity index (χ1n) is 8.29. The Morgan fingerprint density at radius 3 is 2.83 bits per heavy atom. The zero-order valence-corrected chi connectivity index (χ0v) is 14.1. The van der Waals surface area contributed by atoms with E-state index in [0.717, 1.165) is 16.7 Å². The van der Waals surface area contributed by atoms with Gasteiger partial charge in [-0.05, 0) is 49.3 Å². The summed E-state index contributed by atoms with van der Waals surface area (Å²) in [5.74, 6) is -0.852. The van der Waals surface area contributed by atoms with E-state index >= 15 is 0 Å². The second-order valence-electron chi connectivity index (χ2n) is 6.71. The quantitative estimate of drug-likeness (QED) is 0.748. The van der Waals surface area contributed by atoms with Crippen LogP contribution >= 0.6 is 0 Å². The van der Waals surface area contributed by atoms with Gasteiger partial charge in [0, 0.05) is 18.9 Å². The number of Topliss-reactive ketones (excluding diaryl/α,β-unsaturated/α-hetero) is 1. The fourth-order valence-corrected chi connectivity index (χ4v) is 4.32. The van der Waals surface area contributed by atoms with Crippen LogP contribution < -0.4 is 0 Å². The van der Waals surface area contributed by atoms with Crippen LogP contribution in [0.25, 0.3) is 0 Å². The lowest BCUT2D eigenvalue weighted by Gasteiger charge is -2.47. The van der Waals surface area contributed by atoms with Gasteiger partial charge in [-0.3, -0.25) is 9.59 Å². The Balaban J connectivity index is 2.07. The second kappa shape index (κ2) is 6.11. The molecule has 0 aromatic carbocycles. The molecule has 0 aromatic heterocycles. The van der Waals surface area contributed by atoms with Crippen molar-refractivity contribution in [1.82, 2.24) is 0 Å². The molecule has 5 atom stereocenters. The van der Waals surface area contributed by atoms with Crippen LogP contribution in [0.5, 0.6) is 0 Å². The molecule has 1 aliphatic carbocycles. The lowest BCUT2D eigenvalue weighted by atomic mass is 9.59. The molecule has 5 nitrogen and oxygen atoms in total. The fraction of sp³-hybridized carbons (Fsp3) is 0.667. The van der Waals surface area contributed by atoms with Crippen molar-refractivity contribution in [3.05, 3.63) is 23.0 Å². The molecule has 0 radical (unpaired) electrons. The van der Waals surface area contributed by atoms with E-state index in [1.54, 1.807) is 13.2 Å². The SMILES string of the molecule is CCO[C@H]1C[C@@H]2C(=CO1)C1=C(C)COC(=O)[C@@H]1[C@@H](C(C)=O)[C@H]2C. The van der Waals surface area contributed by atoms with Crippen LogP contribution in [0, 0.1) is 23.7 Å². The van der Waals surface area contributed by atoms with Gasteiger partial charge < -0.3 is 14.2 Å². The minimum atomic E-state index is -0.494. The highest BCUT2D eigenvalue weighted by Crippen LogP contribution is 2.51. The molecule has 0 aromatic rings. The summed E-state index contributed by atoms with van der Waals surface area (Å²) >= 11 is 0. The highest BCUT2D eigenvalue weighted by atomic mass is 16.7. The van der Waals surface area contributed by atoms with E-state index in [-0.39, 0.29) is 35.8 Å². The molecule has 0 unspecified atom stereocenters.